The number of nitrogens with one attached hydrogen (secondary N) is 1. The van der Waals surface area contributed by atoms with Crippen molar-refractivity contribution in [2.75, 3.05) is 26.7 Å². The quantitative estimate of drug-likeness (QED) is 0.467. The molecule has 1 aromatic carbocycles. The zero-order valence-electron chi connectivity index (χ0n) is 21.7. The van der Waals surface area contributed by atoms with Crippen LogP contribution >= 0.6 is 0 Å². The molecule has 210 valence electrons. The van der Waals surface area contributed by atoms with Crippen LogP contribution in [0, 0.1) is 11.6 Å². The molecule has 2 aromatic heterocycles. The Hall–Kier alpha value is -3.74. The highest BCUT2D eigenvalue weighted by atomic mass is 19.4. The average molecular weight is 555 g/mol. The third-order valence-corrected chi connectivity index (χ3v) is 6.03. The molecule has 1 atom stereocenters. The lowest BCUT2D eigenvalue weighted by atomic mass is 10.0. The molecule has 39 heavy (non-hydrogen) atoms. The van der Waals surface area contributed by atoms with Gasteiger partial charge in [-0.15, -0.1) is 0 Å². The van der Waals surface area contributed by atoms with Crippen LogP contribution in [0.15, 0.2) is 30.5 Å². The molecule has 3 heterocycles. The van der Waals surface area contributed by atoms with E-state index < -0.39 is 52.6 Å². The molecule has 1 saturated heterocycles. The standard InChI is InChI=1S/C26H27F5N4O4/c1-25(2,3)39-24(37)34-7-8-38-16(13-34)12-19-22(21-17(27)9-14(10-18(21)28)23(36)32-4)33-20-11-15(26(29,30)31)5-6-35(19)20/h5-6,9-11,16H,7-8,12-13H2,1-4H3,(H,32,36)/t16-/m0/s1. The molecule has 1 aliphatic heterocycles. The summed E-state index contributed by atoms with van der Waals surface area (Å²) in [6, 6.07) is 3.26. The molecular formula is C26H27F5N4O4. The fraction of sp³-hybridized carbons (Fsp3) is 0.423. The molecule has 0 bridgehead atoms. The highest BCUT2D eigenvalue weighted by Crippen LogP contribution is 2.34. The number of imidazole rings is 1. The van der Waals surface area contributed by atoms with Crippen LogP contribution in [0.25, 0.3) is 16.9 Å². The molecule has 1 aliphatic rings. The van der Waals surface area contributed by atoms with Crippen LogP contribution in [0.2, 0.25) is 0 Å². The van der Waals surface area contributed by atoms with Crippen molar-refractivity contribution in [1.29, 1.82) is 0 Å². The number of carbonyl (C=O) groups is 2. The second-order valence-electron chi connectivity index (χ2n) is 10.1. The third kappa shape index (κ3) is 6.13. The second kappa shape index (κ2) is 10.4. The minimum atomic E-state index is -4.67. The maximum atomic E-state index is 15.2. The number of carbonyl (C=O) groups excluding carboxylic acids is 2. The summed E-state index contributed by atoms with van der Waals surface area (Å²) in [5, 5.41) is 2.27. The summed E-state index contributed by atoms with van der Waals surface area (Å²) in [5.41, 5.74) is -2.86. The van der Waals surface area contributed by atoms with Crippen molar-refractivity contribution in [3.8, 4) is 11.3 Å². The predicted molar refractivity (Wildman–Crippen MR) is 130 cm³/mol. The number of nitrogens with zero attached hydrogens (tertiary/aromatic N) is 3. The first-order valence-corrected chi connectivity index (χ1v) is 12.1. The summed E-state index contributed by atoms with van der Waals surface area (Å²) in [5.74, 6) is -2.95. The van der Waals surface area contributed by atoms with Gasteiger partial charge in [-0.3, -0.25) is 4.79 Å². The summed E-state index contributed by atoms with van der Waals surface area (Å²) in [4.78, 5) is 30.1. The summed E-state index contributed by atoms with van der Waals surface area (Å²) in [7, 11) is 1.30. The first kappa shape index (κ1) is 28.3. The third-order valence-electron chi connectivity index (χ3n) is 6.03. The average Bonchev–Trinajstić information content (AvgIpc) is 3.18. The fourth-order valence-corrected chi connectivity index (χ4v) is 4.29. The van der Waals surface area contributed by atoms with Crippen LogP contribution in [0.4, 0.5) is 26.7 Å². The van der Waals surface area contributed by atoms with Gasteiger partial charge in [0.05, 0.1) is 41.8 Å². The van der Waals surface area contributed by atoms with Crippen molar-refractivity contribution in [3.05, 3.63) is 58.9 Å². The molecule has 0 unspecified atom stereocenters. The van der Waals surface area contributed by atoms with Crippen molar-refractivity contribution < 1.29 is 41.0 Å². The van der Waals surface area contributed by atoms with Gasteiger partial charge in [0.15, 0.2) is 0 Å². The van der Waals surface area contributed by atoms with Gasteiger partial charge in [0.2, 0.25) is 0 Å². The van der Waals surface area contributed by atoms with Gasteiger partial charge in [-0.1, -0.05) is 0 Å². The minimum absolute atomic E-state index is 0.0444. The zero-order chi connectivity index (χ0) is 28.7. The van der Waals surface area contributed by atoms with Crippen molar-refractivity contribution in [3.63, 3.8) is 0 Å². The summed E-state index contributed by atoms with van der Waals surface area (Å²) in [6.45, 7) is 5.65. The Morgan fingerprint density at radius 2 is 1.82 bits per heavy atom. The van der Waals surface area contributed by atoms with E-state index in [0.717, 1.165) is 30.5 Å². The van der Waals surface area contributed by atoms with Gasteiger partial charge in [0.1, 0.15) is 22.9 Å². The van der Waals surface area contributed by atoms with E-state index in [2.05, 4.69) is 10.3 Å². The lowest BCUT2D eigenvalue weighted by molar-refractivity contribution is -0.137. The molecule has 3 aromatic rings. The number of ether oxygens (including phenoxy) is 2. The Labute approximate surface area is 220 Å². The predicted octanol–water partition coefficient (Wildman–Crippen LogP) is 4.84. The molecule has 8 nitrogen and oxygen atoms in total. The maximum Gasteiger partial charge on any atom is 0.416 e. The minimum Gasteiger partial charge on any atom is -0.444 e. The molecule has 0 saturated carbocycles. The number of halogens is 5. The number of alkyl halides is 3. The molecule has 2 amide bonds. The molecule has 0 radical (unpaired) electrons. The van der Waals surface area contributed by atoms with E-state index in [0.29, 0.717) is 0 Å². The second-order valence-corrected chi connectivity index (χ2v) is 10.1. The summed E-state index contributed by atoms with van der Waals surface area (Å²) in [6.07, 6.45) is -4.83. The van der Waals surface area contributed by atoms with Crippen LogP contribution < -0.4 is 5.32 Å². The van der Waals surface area contributed by atoms with Gasteiger partial charge in [-0.25, -0.2) is 18.6 Å². The van der Waals surface area contributed by atoms with Crippen molar-refractivity contribution >= 4 is 17.6 Å². The lowest BCUT2D eigenvalue weighted by Gasteiger charge is -2.34. The van der Waals surface area contributed by atoms with Crippen molar-refractivity contribution in [2.24, 2.45) is 0 Å². The van der Waals surface area contributed by atoms with E-state index in [1.54, 1.807) is 20.8 Å². The van der Waals surface area contributed by atoms with E-state index in [9.17, 15) is 22.8 Å². The molecule has 4 rings (SSSR count). The number of hydrogen-bond acceptors (Lipinski definition) is 5. The normalized spacial score (nSPS) is 16.4. The van der Waals surface area contributed by atoms with Crippen LogP contribution in [0.3, 0.4) is 0 Å². The number of amides is 2. The highest BCUT2D eigenvalue weighted by Gasteiger charge is 2.33. The number of benzene rings is 1. The van der Waals surface area contributed by atoms with Crippen LogP contribution in [-0.4, -0.2) is 64.7 Å². The number of aromatic nitrogens is 2. The fourth-order valence-electron chi connectivity index (χ4n) is 4.29. The molecule has 1 N–H and O–H groups in total. The van der Waals surface area contributed by atoms with Gasteiger partial charge >= 0.3 is 12.3 Å². The van der Waals surface area contributed by atoms with E-state index >= 15 is 8.78 Å². The first-order chi connectivity index (χ1) is 18.2. The van der Waals surface area contributed by atoms with Gasteiger partial charge in [-0.05, 0) is 45.0 Å². The number of hydrogen-bond donors (Lipinski definition) is 1. The molecule has 0 aliphatic carbocycles. The highest BCUT2D eigenvalue weighted by molar-refractivity contribution is 5.94. The number of pyridine rings is 1. The van der Waals surface area contributed by atoms with Crippen LogP contribution in [0.5, 0.6) is 0 Å². The maximum absolute atomic E-state index is 15.2. The molecule has 1 fully saturated rings. The molecular weight excluding hydrogens is 527 g/mol. The SMILES string of the molecule is CNC(=O)c1cc(F)c(-c2nc3cc(C(F)(F)F)ccn3c2C[C@H]2CN(C(=O)OC(C)(C)C)CCO2)c(F)c1. The van der Waals surface area contributed by atoms with Crippen molar-refractivity contribution in [2.45, 2.75) is 45.1 Å². The van der Waals surface area contributed by atoms with Crippen molar-refractivity contribution in [1.82, 2.24) is 19.6 Å². The Bertz CT molecular complexity index is 1390. The van der Waals surface area contributed by atoms with E-state index in [1.807, 2.05) is 0 Å². The van der Waals surface area contributed by atoms with Crippen LogP contribution in [0.1, 0.15) is 42.4 Å². The molecule has 0 spiro atoms. The zero-order valence-corrected chi connectivity index (χ0v) is 21.7. The van der Waals surface area contributed by atoms with E-state index in [4.69, 9.17) is 9.47 Å². The molecule has 13 heteroatoms. The van der Waals surface area contributed by atoms with E-state index in [-0.39, 0.29) is 48.7 Å². The Balaban J connectivity index is 1.78. The van der Waals surface area contributed by atoms with Gasteiger partial charge in [0.25, 0.3) is 5.91 Å². The van der Waals surface area contributed by atoms with Gasteiger partial charge in [-0.2, -0.15) is 13.2 Å². The lowest BCUT2D eigenvalue weighted by Crippen LogP contribution is -2.48. The summed E-state index contributed by atoms with van der Waals surface area (Å²) >= 11 is 0. The number of fused-ring (bicyclic) bond motifs is 1. The number of morpholine rings is 1. The Morgan fingerprint density at radius 3 is 2.41 bits per heavy atom. The summed E-state index contributed by atoms with van der Waals surface area (Å²) < 4.78 is 83.1. The smallest absolute Gasteiger partial charge is 0.416 e. The topological polar surface area (TPSA) is 85.2 Å². The first-order valence-electron chi connectivity index (χ1n) is 12.1. The Morgan fingerprint density at radius 1 is 1.15 bits per heavy atom. The Kier molecular flexibility index (Phi) is 7.57. The van der Waals surface area contributed by atoms with E-state index in [1.165, 1.54) is 16.3 Å². The number of rotatable bonds is 4. The van der Waals surface area contributed by atoms with Gasteiger partial charge < -0.3 is 24.1 Å². The largest absolute Gasteiger partial charge is 0.444 e. The monoisotopic (exact) mass is 554 g/mol. The van der Waals surface area contributed by atoms with Crippen LogP contribution in [-0.2, 0) is 22.1 Å². The van der Waals surface area contributed by atoms with Gasteiger partial charge in [0, 0.05) is 31.8 Å².